The first-order valence-corrected chi connectivity index (χ1v) is 8.05. The van der Waals surface area contributed by atoms with Crippen LogP contribution in [0.25, 0.3) is 0 Å². The van der Waals surface area contributed by atoms with Crippen LogP contribution in [0, 0.1) is 0 Å². The van der Waals surface area contributed by atoms with Crippen molar-refractivity contribution >= 4 is 38.8 Å². The second-order valence-corrected chi connectivity index (χ2v) is 6.78. The number of hydrogen-bond acceptors (Lipinski definition) is 5. The average Bonchev–Trinajstić information content (AvgIpc) is 2.91. The molecule has 1 aromatic carbocycles. The molecule has 0 bridgehead atoms. The molecule has 10 heteroatoms. The second-order valence-electron chi connectivity index (χ2n) is 4.22. The Bertz CT molecular complexity index is 761. The summed E-state index contributed by atoms with van der Waals surface area (Å²) in [6.45, 7) is 1.64. The van der Waals surface area contributed by atoms with E-state index in [4.69, 9.17) is 29.6 Å². The van der Waals surface area contributed by atoms with Crippen LogP contribution in [0.4, 0.5) is 0 Å². The third kappa shape index (κ3) is 3.56. The second kappa shape index (κ2) is 6.06. The highest BCUT2D eigenvalue weighted by Gasteiger charge is 2.21. The maximum Gasteiger partial charge on any atom is 0.241 e. The summed E-state index contributed by atoms with van der Waals surface area (Å²) in [6.07, 6.45) is 1.30. The first kappa shape index (κ1) is 15.8. The minimum absolute atomic E-state index is 0.0128. The van der Waals surface area contributed by atoms with E-state index in [9.17, 15) is 8.42 Å². The van der Waals surface area contributed by atoms with Crippen molar-refractivity contribution in [3.8, 4) is 0 Å². The number of H-pyrrole nitrogens is 1. The molecule has 2 aromatic rings. The third-order valence-corrected chi connectivity index (χ3v) is 4.76. The Labute approximate surface area is 132 Å². The number of rotatable bonds is 5. The predicted octanol–water partition coefficient (Wildman–Crippen LogP) is 1.13. The van der Waals surface area contributed by atoms with E-state index in [1.165, 1.54) is 24.5 Å². The number of thiocarbonyl (C=S) groups is 1. The molecule has 0 radical (unpaired) electrons. The molecule has 1 heterocycles. The van der Waals surface area contributed by atoms with Gasteiger partial charge in [0.05, 0.1) is 16.0 Å². The fourth-order valence-corrected chi connectivity index (χ4v) is 3.46. The summed E-state index contributed by atoms with van der Waals surface area (Å²) in [6, 6.07) is 3.59. The van der Waals surface area contributed by atoms with E-state index in [1.54, 1.807) is 6.92 Å². The lowest BCUT2D eigenvalue weighted by Crippen LogP contribution is -2.27. The van der Waals surface area contributed by atoms with Crippen molar-refractivity contribution in [2.75, 3.05) is 0 Å². The monoisotopic (exact) mass is 345 g/mol. The van der Waals surface area contributed by atoms with E-state index in [0.717, 1.165) is 0 Å². The standard InChI is InChI=1S/C11H12ClN5O2S2/c1-6(11-14-5-15-16-11)17-21(18,19)7-2-3-8(10(13)20)9(12)4-7/h2-6,17H,1H3,(H2,13,20)(H,14,15,16). The molecule has 2 rings (SSSR count). The Balaban J connectivity index is 2.28. The van der Waals surface area contributed by atoms with Crippen LogP contribution < -0.4 is 10.5 Å². The van der Waals surface area contributed by atoms with Crippen molar-refractivity contribution in [3.63, 3.8) is 0 Å². The fraction of sp³-hybridized carbons (Fsp3) is 0.182. The van der Waals surface area contributed by atoms with Gasteiger partial charge in [0.2, 0.25) is 10.0 Å². The largest absolute Gasteiger partial charge is 0.389 e. The number of nitrogens with two attached hydrogens (primary N) is 1. The molecular weight excluding hydrogens is 334 g/mol. The van der Waals surface area contributed by atoms with Gasteiger partial charge in [-0.3, -0.25) is 5.10 Å². The van der Waals surface area contributed by atoms with Crippen molar-refractivity contribution < 1.29 is 8.42 Å². The number of hydrogen-bond donors (Lipinski definition) is 3. The summed E-state index contributed by atoms with van der Waals surface area (Å²) in [5.74, 6) is 0.407. The number of nitrogens with zero attached hydrogens (tertiary/aromatic N) is 2. The quantitative estimate of drug-likeness (QED) is 0.700. The van der Waals surface area contributed by atoms with Crippen LogP contribution in [0.5, 0.6) is 0 Å². The number of halogens is 1. The molecule has 0 amide bonds. The maximum atomic E-state index is 12.3. The van der Waals surface area contributed by atoms with Gasteiger partial charge in [0, 0.05) is 5.56 Å². The Morgan fingerprint density at radius 3 is 2.76 bits per heavy atom. The zero-order chi connectivity index (χ0) is 15.6. The molecule has 0 aliphatic carbocycles. The Morgan fingerprint density at radius 2 is 2.24 bits per heavy atom. The van der Waals surface area contributed by atoms with Crippen LogP contribution >= 0.6 is 23.8 Å². The van der Waals surface area contributed by atoms with Crippen LogP contribution in [0.2, 0.25) is 5.02 Å². The number of aromatic nitrogens is 3. The van der Waals surface area contributed by atoms with Gasteiger partial charge >= 0.3 is 0 Å². The molecule has 1 aromatic heterocycles. The van der Waals surface area contributed by atoms with Gasteiger partial charge in [-0.05, 0) is 25.1 Å². The average molecular weight is 346 g/mol. The smallest absolute Gasteiger partial charge is 0.241 e. The van der Waals surface area contributed by atoms with Gasteiger partial charge < -0.3 is 5.73 Å². The first-order chi connectivity index (χ1) is 9.81. The van der Waals surface area contributed by atoms with Gasteiger partial charge in [-0.15, -0.1) is 0 Å². The van der Waals surface area contributed by atoms with Crippen LogP contribution in [-0.2, 0) is 10.0 Å². The van der Waals surface area contributed by atoms with Crippen molar-refractivity contribution in [3.05, 3.63) is 40.9 Å². The number of aromatic amines is 1. The molecule has 1 atom stereocenters. The minimum Gasteiger partial charge on any atom is -0.389 e. The van der Waals surface area contributed by atoms with Gasteiger partial charge in [-0.2, -0.15) is 5.10 Å². The summed E-state index contributed by atoms with van der Waals surface area (Å²) >= 11 is 10.8. The molecule has 0 aliphatic heterocycles. The highest BCUT2D eigenvalue weighted by Crippen LogP contribution is 2.22. The summed E-state index contributed by atoms with van der Waals surface area (Å²) < 4.78 is 27.0. The van der Waals surface area contributed by atoms with E-state index in [2.05, 4.69) is 19.9 Å². The SMILES string of the molecule is CC(NS(=O)(=O)c1ccc(C(N)=S)c(Cl)c1)c1ncn[nH]1. The Morgan fingerprint density at radius 1 is 1.52 bits per heavy atom. The molecule has 0 spiro atoms. The van der Waals surface area contributed by atoms with Gasteiger partial charge in [0.1, 0.15) is 17.1 Å². The summed E-state index contributed by atoms with van der Waals surface area (Å²) in [5, 5.41) is 6.45. The Kier molecular flexibility index (Phi) is 4.57. The zero-order valence-electron chi connectivity index (χ0n) is 10.9. The Hall–Kier alpha value is -1.55. The molecule has 0 aliphatic rings. The summed E-state index contributed by atoms with van der Waals surface area (Å²) in [7, 11) is -3.76. The van der Waals surface area contributed by atoms with E-state index in [1.807, 2.05) is 0 Å². The lowest BCUT2D eigenvalue weighted by atomic mass is 10.2. The lowest BCUT2D eigenvalue weighted by Gasteiger charge is -2.12. The first-order valence-electron chi connectivity index (χ1n) is 5.78. The van der Waals surface area contributed by atoms with Gasteiger partial charge in [-0.1, -0.05) is 23.8 Å². The molecule has 0 fully saturated rings. The predicted molar refractivity (Wildman–Crippen MR) is 82.5 cm³/mol. The molecule has 0 saturated heterocycles. The van der Waals surface area contributed by atoms with Gasteiger partial charge in [0.15, 0.2) is 0 Å². The highest BCUT2D eigenvalue weighted by atomic mass is 35.5. The number of sulfonamides is 1. The highest BCUT2D eigenvalue weighted by molar-refractivity contribution is 7.89. The maximum absolute atomic E-state index is 12.3. The van der Waals surface area contributed by atoms with Crippen LogP contribution in [0.3, 0.4) is 0 Å². The van der Waals surface area contributed by atoms with Crippen molar-refractivity contribution in [2.24, 2.45) is 5.73 Å². The lowest BCUT2D eigenvalue weighted by molar-refractivity contribution is 0.560. The molecule has 7 nitrogen and oxygen atoms in total. The fourth-order valence-electron chi connectivity index (χ4n) is 1.64. The molecule has 0 saturated carbocycles. The van der Waals surface area contributed by atoms with Crippen molar-refractivity contribution in [2.45, 2.75) is 17.9 Å². The summed E-state index contributed by atoms with van der Waals surface area (Å²) in [5.41, 5.74) is 5.91. The van der Waals surface area contributed by atoms with E-state index < -0.39 is 16.1 Å². The number of nitrogens with one attached hydrogen (secondary N) is 2. The third-order valence-electron chi connectivity index (χ3n) is 2.69. The molecule has 21 heavy (non-hydrogen) atoms. The minimum atomic E-state index is -3.76. The number of benzene rings is 1. The molecule has 112 valence electrons. The van der Waals surface area contributed by atoms with E-state index in [-0.39, 0.29) is 14.9 Å². The van der Waals surface area contributed by atoms with Crippen molar-refractivity contribution in [1.82, 2.24) is 19.9 Å². The zero-order valence-corrected chi connectivity index (χ0v) is 13.3. The topological polar surface area (TPSA) is 114 Å². The molecule has 1 unspecified atom stereocenters. The van der Waals surface area contributed by atoms with Crippen LogP contribution in [0.1, 0.15) is 24.4 Å². The molecular formula is C11H12ClN5O2S2. The molecule has 4 N–H and O–H groups in total. The summed E-state index contributed by atoms with van der Waals surface area (Å²) in [4.78, 5) is 4.01. The van der Waals surface area contributed by atoms with Crippen LogP contribution in [-0.4, -0.2) is 28.6 Å². The van der Waals surface area contributed by atoms with E-state index >= 15 is 0 Å². The van der Waals surface area contributed by atoms with Gasteiger partial charge in [-0.25, -0.2) is 18.1 Å². The van der Waals surface area contributed by atoms with Crippen LogP contribution in [0.15, 0.2) is 29.4 Å². The van der Waals surface area contributed by atoms with E-state index in [0.29, 0.717) is 11.4 Å². The normalized spacial score (nSPS) is 13.0. The van der Waals surface area contributed by atoms with Gasteiger partial charge in [0.25, 0.3) is 0 Å². The van der Waals surface area contributed by atoms with Crippen molar-refractivity contribution in [1.29, 1.82) is 0 Å².